The molecule has 4 aromatic rings. The summed E-state index contributed by atoms with van der Waals surface area (Å²) in [5.41, 5.74) is 1.39. The molecule has 0 aliphatic carbocycles. The van der Waals surface area contributed by atoms with Crippen LogP contribution in [0.2, 0.25) is 0 Å². The third kappa shape index (κ3) is 2.33. The van der Waals surface area contributed by atoms with E-state index in [1.54, 1.807) is 18.9 Å². The highest BCUT2D eigenvalue weighted by molar-refractivity contribution is 6.04. The van der Waals surface area contributed by atoms with Crippen LogP contribution in [-0.4, -0.2) is 23.1 Å². The molecule has 0 bridgehead atoms. The first-order chi connectivity index (χ1) is 12.4. The molecule has 4 aromatic heterocycles. The van der Waals surface area contributed by atoms with Crippen molar-refractivity contribution in [3.63, 3.8) is 0 Å². The van der Waals surface area contributed by atoms with Crippen molar-refractivity contribution >= 4 is 16.9 Å². The predicted octanol–water partition coefficient (Wildman–Crippen LogP) is 4.73. The van der Waals surface area contributed by atoms with E-state index in [9.17, 15) is 0 Å². The second kappa shape index (κ2) is 5.81. The summed E-state index contributed by atoms with van der Waals surface area (Å²) in [6, 6.07) is 7.50. The molecule has 0 amide bonds. The number of hydrogen-bond donors (Lipinski definition) is 0. The quantitative estimate of drug-likeness (QED) is 0.539. The van der Waals surface area contributed by atoms with Gasteiger partial charge in [-0.2, -0.15) is 0 Å². The van der Waals surface area contributed by atoms with Crippen LogP contribution in [0.1, 0.15) is 19.3 Å². The fourth-order valence-corrected chi connectivity index (χ4v) is 3.50. The van der Waals surface area contributed by atoms with Crippen molar-refractivity contribution in [2.45, 2.75) is 19.3 Å². The first-order valence-corrected chi connectivity index (χ1v) is 8.52. The molecule has 6 nitrogen and oxygen atoms in total. The third-order valence-corrected chi connectivity index (χ3v) is 4.64. The maximum atomic E-state index is 6.07. The Hall–Kier alpha value is -3.02. The van der Waals surface area contributed by atoms with Gasteiger partial charge in [-0.1, -0.05) is 0 Å². The minimum Gasteiger partial charge on any atom is -0.464 e. The van der Waals surface area contributed by atoms with E-state index in [2.05, 4.69) is 14.9 Å². The van der Waals surface area contributed by atoms with Crippen molar-refractivity contribution in [2.75, 3.05) is 18.0 Å². The predicted molar refractivity (Wildman–Crippen MR) is 93.3 cm³/mol. The summed E-state index contributed by atoms with van der Waals surface area (Å²) in [7, 11) is 0. The van der Waals surface area contributed by atoms with Gasteiger partial charge >= 0.3 is 0 Å². The van der Waals surface area contributed by atoms with Crippen LogP contribution in [-0.2, 0) is 0 Å². The molecule has 25 heavy (non-hydrogen) atoms. The second-order valence-corrected chi connectivity index (χ2v) is 6.19. The molecule has 1 aliphatic heterocycles. The van der Waals surface area contributed by atoms with Crippen LogP contribution >= 0.6 is 0 Å². The van der Waals surface area contributed by atoms with E-state index >= 15 is 0 Å². The molecule has 1 aliphatic rings. The average Bonchev–Trinajstić information content (AvgIpc) is 3.40. The number of fused-ring (bicyclic) bond motifs is 1. The molecule has 0 atom stereocenters. The highest BCUT2D eigenvalue weighted by Gasteiger charge is 2.27. The lowest BCUT2D eigenvalue weighted by molar-refractivity contribution is 0.536. The van der Waals surface area contributed by atoms with Crippen molar-refractivity contribution < 1.29 is 13.3 Å². The summed E-state index contributed by atoms with van der Waals surface area (Å²) >= 11 is 0. The molecule has 0 spiro atoms. The third-order valence-electron chi connectivity index (χ3n) is 4.64. The first-order valence-electron chi connectivity index (χ1n) is 8.52. The zero-order valence-electron chi connectivity index (χ0n) is 13.6. The van der Waals surface area contributed by atoms with Gasteiger partial charge in [-0.3, -0.25) is 0 Å². The van der Waals surface area contributed by atoms with Crippen molar-refractivity contribution in [2.24, 2.45) is 0 Å². The van der Waals surface area contributed by atoms with Gasteiger partial charge in [-0.15, -0.1) is 0 Å². The molecule has 5 heterocycles. The summed E-state index contributed by atoms with van der Waals surface area (Å²) in [5, 5.41) is 0.880. The molecule has 0 unspecified atom stereocenters. The Labute approximate surface area is 144 Å². The number of anilines is 1. The van der Waals surface area contributed by atoms with Gasteiger partial charge in [0.15, 0.2) is 11.5 Å². The lowest BCUT2D eigenvalue weighted by Gasteiger charge is -2.28. The monoisotopic (exact) mass is 335 g/mol. The van der Waals surface area contributed by atoms with E-state index in [1.165, 1.54) is 19.3 Å². The lowest BCUT2D eigenvalue weighted by Crippen LogP contribution is -2.30. The first kappa shape index (κ1) is 14.3. The molecule has 0 aromatic carbocycles. The van der Waals surface area contributed by atoms with E-state index in [1.807, 2.05) is 24.3 Å². The fourth-order valence-electron chi connectivity index (χ4n) is 3.50. The summed E-state index contributed by atoms with van der Waals surface area (Å²) in [6.45, 7) is 1.98. The van der Waals surface area contributed by atoms with Gasteiger partial charge in [0.2, 0.25) is 5.71 Å². The summed E-state index contributed by atoms with van der Waals surface area (Å²) in [6.07, 6.45) is 8.46. The van der Waals surface area contributed by atoms with Gasteiger partial charge < -0.3 is 18.2 Å². The number of piperidine rings is 1. The average molecular weight is 335 g/mol. The molecule has 0 radical (unpaired) electrons. The Bertz CT molecular complexity index is 981. The van der Waals surface area contributed by atoms with Gasteiger partial charge in [0.1, 0.15) is 17.9 Å². The largest absolute Gasteiger partial charge is 0.464 e. The Morgan fingerprint density at radius 1 is 0.880 bits per heavy atom. The number of furan rings is 3. The maximum absolute atomic E-state index is 6.07. The Kier molecular flexibility index (Phi) is 3.33. The number of aromatic nitrogens is 2. The zero-order chi connectivity index (χ0) is 16.6. The van der Waals surface area contributed by atoms with Gasteiger partial charge in [-0.25, -0.2) is 9.97 Å². The van der Waals surface area contributed by atoms with Crippen LogP contribution in [0, 0.1) is 0 Å². The van der Waals surface area contributed by atoms with Crippen LogP contribution in [0.25, 0.3) is 33.9 Å². The summed E-state index contributed by atoms with van der Waals surface area (Å²) in [4.78, 5) is 11.2. The Morgan fingerprint density at radius 2 is 1.64 bits per heavy atom. The smallest absolute Gasteiger partial charge is 0.232 e. The van der Waals surface area contributed by atoms with Crippen molar-refractivity contribution in [3.05, 3.63) is 43.1 Å². The summed E-state index contributed by atoms with van der Waals surface area (Å²) in [5.74, 6) is 2.89. The van der Waals surface area contributed by atoms with E-state index in [4.69, 9.17) is 13.3 Å². The van der Waals surface area contributed by atoms with Crippen LogP contribution in [0.5, 0.6) is 0 Å². The molecule has 5 rings (SSSR count). The fraction of sp³-hybridized carbons (Fsp3) is 0.263. The van der Waals surface area contributed by atoms with Crippen LogP contribution in [0.15, 0.2) is 56.4 Å². The Morgan fingerprint density at radius 3 is 2.36 bits per heavy atom. The molecular weight excluding hydrogens is 318 g/mol. The topological polar surface area (TPSA) is 68.4 Å². The van der Waals surface area contributed by atoms with E-state index in [0.29, 0.717) is 17.2 Å². The standard InChI is InChI=1S/C19H17N3O3/c1-2-8-22(9-3-1)18-16-15(13-6-4-10-23-13)17(14-7-5-11-24-14)25-19(16)21-12-20-18/h4-7,10-12H,1-3,8-9H2. The van der Waals surface area contributed by atoms with Crippen LogP contribution < -0.4 is 4.90 Å². The van der Waals surface area contributed by atoms with Gasteiger partial charge in [0.05, 0.1) is 23.5 Å². The summed E-state index contributed by atoms with van der Waals surface area (Å²) < 4.78 is 17.3. The van der Waals surface area contributed by atoms with Crippen molar-refractivity contribution in [3.8, 4) is 22.8 Å². The number of rotatable bonds is 3. The van der Waals surface area contributed by atoms with Gasteiger partial charge in [0.25, 0.3) is 0 Å². The molecule has 0 N–H and O–H groups in total. The van der Waals surface area contributed by atoms with Crippen LogP contribution in [0.3, 0.4) is 0 Å². The van der Waals surface area contributed by atoms with Gasteiger partial charge in [0, 0.05) is 13.1 Å². The molecule has 1 fully saturated rings. The van der Waals surface area contributed by atoms with Gasteiger partial charge in [-0.05, 0) is 43.5 Å². The molecule has 0 saturated carbocycles. The Balaban J connectivity index is 1.80. The number of hydrogen-bond acceptors (Lipinski definition) is 6. The van der Waals surface area contributed by atoms with E-state index in [-0.39, 0.29) is 0 Å². The minimum absolute atomic E-state index is 0.549. The normalized spacial score (nSPS) is 15.1. The van der Waals surface area contributed by atoms with Crippen molar-refractivity contribution in [1.82, 2.24) is 9.97 Å². The highest BCUT2D eigenvalue weighted by atomic mass is 16.4. The van der Waals surface area contributed by atoms with E-state index < -0.39 is 0 Å². The SMILES string of the molecule is c1coc(-c2oc3ncnc(N4CCCCC4)c3c2-c2ccco2)c1. The number of nitrogens with zero attached hydrogens (tertiary/aromatic N) is 3. The van der Waals surface area contributed by atoms with Crippen molar-refractivity contribution in [1.29, 1.82) is 0 Å². The van der Waals surface area contributed by atoms with E-state index in [0.717, 1.165) is 35.6 Å². The highest BCUT2D eigenvalue weighted by Crippen LogP contribution is 2.43. The lowest BCUT2D eigenvalue weighted by atomic mass is 10.1. The second-order valence-electron chi connectivity index (χ2n) is 6.19. The maximum Gasteiger partial charge on any atom is 0.232 e. The minimum atomic E-state index is 0.549. The molecule has 1 saturated heterocycles. The van der Waals surface area contributed by atoms with Crippen LogP contribution in [0.4, 0.5) is 5.82 Å². The molecule has 126 valence electrons. The molecular formula is C19H17N3O3. The zero-order valence-corrected chi connectivity index (χ0v) is 13.6. The molecule has 6 heteroatoms.